The third-order valence-electron chi connectivity index (χ3n) is 2.27. The van der Waals surface area contributed by atoms with Crippen molar-refractivity contribution in [2.45, 2.75) is 19.3 Å². The van der Waals surface area contributed by atoms with Crippen LogP contribution in [0.2, 0.25) is 0 Å². The van der Waals surface area contributed by atoms with E-state index in [1.165, 1.54) is 19.3 Å². The predicted octanol–water partition coefficient (Wildman–Crippen LogP) is 0.528. The molecular weight excluding hydrogens is 100 g/mol. The molecule has 44 valence electrons. The molecule has 0 saturated heterocycles. The maximum Gasteiger partial charge on any atom is 0.1000 e. The van der Waals surface area contributed by atoms with Crippen LogP contribution in [-0.2, 0) is 0 Å². The Hall–Kier alpha value is -0.530. The van der Waals surface area contributed by atoms with Gasteiger partial charge in [-0.1, -0.05) is 0 Å². The van der Waals surface area contributed by atoms with Crippen molar-refractivity contribution in [2.24, 2.45) is 16.1 Å². The van der Waals surface area contributed by atoms with E-state index in [9.17, 15) is 0 Å². The molecule has 2 N–H and O–H groups in total. The Morgan fingerprint density at radius 2 is 2.12 bits per heavy atom. The first-order chi connectivity index (χ1) is 3.83. The van der Waals surface area contributed by atoms with Crippen molar-refractivity contribution in [1.82, 2.24) is 0 Å². The third-order valence-corrected chi connectivity index (χ3v) is 2.27. The van der Waals surface area contributed by atoms with E-state index in [-0.39, 0.29) is 0 Å². The van der Waals surface area contributed by atoms with Crippen molar-refractivity contribution < 1.29 is 0 Å². The lowest BCUT2D eigenvalue weighted by atomic mass is 10.1. The van der Waals surface area contributed by atoms with Gasteiger partial charge in [-0.2, -0.15) is 0 Å². The van der Waals surface area contributed by atoms with Crippen molar-refractivity contribution in [3.05, 3.63) is 0 Å². The molecule has 1 spiro atoms. The summed E-state index contributed by atoms with van der Waals surface area (Å²) in [6, 6.07) is 0. The van der Waals surface area contributed by atoms with Crippen molar-refractivity contribution in [3.8, 4) is 0 Å². The molecule has 2 nitrogen and oxygen atoms in total. The second kappa shape index (κ2) is 1.07. The fourth-order valence-corrected chi connectivity index (χ4v) is 1.34. The largest absolute Gasteiger partial charge is 0.387 e. The lowest BCUT2D eigenvalue weighted by molar-refractivity contribution is 0.680. The molecule has 8 heavy (non-hydrogen) atoms. The molecule has 0 unspecified atom stereocenters. The molecule has 0 bridgehead atoms. The first kappa shape index (κ1) is 4.36. The molecule has 1 aliphatic carbocycles. The molecule has 2 heteroatoms. The van der Waals surface area contributed by atoms with Gasteiger partial charge in [-0.05, 0) is 19.3 Å². The molecule has 0 aromatic carbocycles. The smallest absolute Gasteiger partial charge is 0.1000 e. The average molecular weight is 110 g/mol. The summed E-state index contributed by atoms with van der Waals surface area (Å²) in [5, 5.41) is 0. The molecule has 0 amide bonds. The van der Waals surface area contributed by atoms with Crippen LogP contribution >= 0.6 is 0 Å². The summed E-state index contributed by atoms with van der Waals surface area (Å²) in [4.78, 5) is 4.15. The minimum atomic E-state index is 0.431. The molecule has 0 atom stereocenters. The molecule has 0 radical (unpaired) electrons. The van der Waals surface area contributed by atoms with Gasteiger partial charge in [0.1, 0.15) is 0 Å². The third kappa shape index (κ3) is 0.358. The van der Waals surface area contributed by atoms with Crippen LogP contribution in [0.3, 0.4) is 0 Å². The van der Waals surface area contributed by atoms with E-state index in [1.807, 2.05) is 0 Å². The fourth-order valence-electron chi connectivity index (χ4n) is 1.34. The standard InChI is InChI=1S/C6H10N2/c7-5-6(1-2-6)3-4-8-5/h1-4H2,(H2,7,8). The highest BCUT2D eigenvalue weighted by molar-refractivity contribution is 5.90. The van der Waals surface area contributed by atoms with Crippen LogP contribution in [0.4, 0.5) is 0 Å². The van der Waals surface area contributed by atoms with E-state index >= 15 is 0 Å². The molecule has 2 aliphatic rings. The van der Waals surface area contributed by atoms with Crippen molar-refractivity contribution in [3.63, 3.8) is 0 Å². The molecule has 0 aromatic heterocycles. The van der Waals surface area contributed by atoms with Crippen LogP contribution in [0.5, 0.6) is 0 Å². The van der Waals surface area contributed by atoms with Gasteiger partial charge in [0.15, 0.2) is 0 Å². The first-order valence-electron chi connectivity index (χ1n) is 3.14. The number of hydrogen-bond donors (Lipinski definition) is 1. The quantitative estimate of drug-likeness (QED) is 0.485. The Balaban J connectivity index is 2.27. The molecule has 0 aromatic rings. The van der Waals surface area contributed by atoms with Crippen LogP contribution < -0.4 is 5.73 Å². The second-order valence-corrected chi connectivity index (χ2v) is 2.80. The second-order valence-electron chi connectivity index (χ2n) is 2.80. The zero-order valence-electron chi connectivity index (χ0n) is 4.85. The summed E-state index contributed by atoms with van der Waals surface area (Å²) in [7, 11) is 0. The Labute approximate surface area is 48.8 Å². The minimum absolute atomic E-state index is 0.431. The summed E-state index contributed by atoms with van der Waals surface area (Å²) >= 11 is 0. The van der Waals surface area contributed by atoms with Crippen LogP contribution in [0.1, 0.15) is 19.3 Å². The van der Waals surface area contributed by atoms with E-state index in [0.29, 0.717) is 5.41 Å². The van der Waals surface area contributed by atoms with Gasteiger partial charge in [-0.25, -0.2) is 0 Å². The van der Waals surface area contributed by atoms with Crippen molar-refractivity contribution in [1.29, 1.82) is 0 Å². The summed E-state index contributed by atoms with van der Waals surface area (Å²) in [6.45, 7) is 0.978. The highest BCUT2D eigenvalue weighted by atomic mass is 14.9. The van der Waals surface area contributed by atoms with Crippen LogP contribution in [-0.4, -0.2) is 12.4 Å². The summed E-state index contributed by atoms with van der Waals surface area (Å²) in [5.74, 6) is 0.928. The van der Waals surface area contributed by atoms with E-state index < -0.39 is 0 Å². The average Bonchev–Trinajstić information content (AvgIpc) is 2.39. The van der Waals surface area contributed by atoms with Crippen LogP contribution in [0.15, 0.2) is 4.99 Å². The maximum absolute atomic E-state index is 5.62. The predicted molar refractivity (Wildman–Crippen MR) is 32.8 cm³/mol. The van der Waals surface area contributed by atoms with Gasteiger partial charge in [0.05, 0.1) is 5.84 Å². The summed E-state index contributed by atoms with van der Waals surface area (Å²) in [6.07, 6.45) is 3.81. The van der Waals surface area contributed by atoms with Crippen molar-refractivity contribution in [2.75, 3.05) is 6.54 Å². The van der Waals surface area contributed by atoms with Gasteiger partial charge in [-0.3, -0.25) is 4.99 Å². The molecule has 2 rings (SSSR count). The normalized spacial score (nSPS) is 30.8. The molecular formula is C6H10N2. The maximum atomic E-state index is 5.62. The molecule has 1 fully saturated rings. The monoisotopic (exact) mass is 110 g/mol. The fraction of sp³-hybridized carbons (Fsp3) is 0.833. The zero-order valence-corrected chi connectivity index (χ0v) is 4.85. The number of rotatable bonds is 0. The van der Waals surface area contributed by atoms with E-state index in [2.05, 4.69) is 4.99 Å². The minimum Gasteiger partial charge on any atom is -0.387 e. The van der Waals surface area contributed by atoms with Gasteiger partial charge >= 0.3 is 0 Å². The highest BCUT2D eigenvalue weighted by Crippen LogP contribution is 2.51. The zero-order chi connectivity index (χ0) is 5.61. The van der Waals surface area contributed by atoms with Gasteiger partial charge in [0.2, 0.25) is 0 Å². The van der Waals surface area contributed by atoms with Gasteiger partial charge in [0.25, 0.3) is 0 Å². The molecule has 1 aliphatic heterocycles. The lowest BCUT2D eigenvalue weighted by Crippen LogP contribution is -2.20. The number of nitrogens with zero attached hydrogens (tertiary/aromatic N) is 1. The lowest BCUT2D eigenvalue weighted by Gasteiger charge is -2.01. The number of nitrogens with two attached hydrogens (primary N) is 1. The van der Waals surface area contributed by atoms with Gasteiger partial charge in [0, 0.05) is 12.0 Å². The Bertz CT molecular complexity index is 145. The molecule has 1 heterocycles. The highest BCUT2D eigenvalue weighted by Gasteiger charge is 2.48. The molecule has 1 saturated carbocycles. The Morgan fingerprint density at radius 1 is 1.38 bits per heavy atom. The van der Waals surface area contributed by atoms with Crippen LogP contribution in [0.25, 0.3) is 0 Å². The number of aliphatic imine (C=N–C) groups is 1. The van der Waals surface area contributed by atoms with Gasteiger partial charge < -0.3 is 5.73 Å². The SMILES string of the molecule is NC1=NCCC12CC2. The number of amidine groups is 1. The summed E-state index contributed by atoms with van der Waals surface area (Å²) < 4.78 is 0. The van der Waals surface area contributed by atoms with E-state index in [0.717, 1.165) is 12.4 Å². The number of hydrogen-bond acceptors (Lipinski definition) is 2. The topological polar surface area (TPSA) is 38.4 Å². The van der Waals surface area contributed by atoms with E-state index in [1.54, 1.807) is 0 Å². The van der Waals surface area contributed by atoms with E-state index in [4.69, 9.17) is 5.73 Å². The Kier molecular flexibility index (Phi) is 0.581. The first-order valence-corrected chi connectivity index (χ1v) is 3.14. The van der Waals surface area contributed by atoms with Gasteiger partial charge in [-0.15, -0.1) is 0 Å². The Morgan fingerprint density at radius 3 is 2.38 bits per heavy atom. The van der Waals surface area contributed by atoms with Crippen molar-refractivity contribution >= 4 is 5.84 Å². The van der Waals surface area contributed by atoms with Crippen LogP contribution in [0, 0.1) is 5.41 Å². The summed E-state index contributed by atoms with van der Waals surface area (Å²) in [5.41, 5.74) is 6.06.